The minimum Gasteiger partial charge on any atom is -0.493 e. The van der Waals surface area contributed by atoms with E-state index >= 15 is 0 Å². The van der Waals surface area contributed by atoms with Gasteiger partial charge in [-0.05, 0) is 38.2 Å². The standard InChI is InChI=1S/C21H25N5O3/c1-14-13-25(10-9-24(14)2)21(27)16-12-20-22-8-7-17(26(20)23-16)15-5-6-18(28-3)19(11-15)29-4/h5-8,11-12,14H,9-10,13H2,1-4H3/t14-/m0/s1. The quantitative estimate of drug-likeness (QED) is 0.674. The number of aromatic nitrogens is 3. The fourth-order valence-corrected chi connectivity index (χ4v) is 3.61. The van der Waals surface area contributed by atoms with E-state index in [1.54, 1.807) is 31.0 Å². The van der Waals surface area contributed by atoms with Crippen LogP contribution in [0.15, 0.2) is 36.5 Å². The summed E-state index contributed by atoms with van der Waals surface area (Å²) in [5.74, 6) is 1.22. The van der Waals surface area contributed by atoms with Crippen molar-refractivity contribution in [2.45, 2.75) is 13.0 Å². The van der Waals surface area contributed by atoms with Gasteiger partial charge in [0.05, 0.1) is 19.9 Å². The maximum absolute atomic E-state index is 13.0. The fraction of sp³-hybridized carbons (Fsp3) is 0.381. The normalized spacial score (nSPS) is 17.5. The van der Waals surface area contributed by atoms with Gasteiger partial charge in [-0.25, -0.2) is 9.50 Å². The van der Waals surface area contributed by atoms with Crippen LogP contribution >= 0.6 is 0 Å². The molecule has 1 aromatic carbocycles. The first kappa shape index (κ1) is 19.2. The number of amides is 1. The van der Waals surface area contributed by atoms with Crippen LogP contribution in [0.2, 0.25) is 0 Å². The van der Waals surface area contributed by atoms with Gasteiger partial charge in [0.2, 0.25) is 0 Å². The average molecular weight is 395 g/mol. The third-order valence-corrected chi connectivity index (χ3v) is 5.50. The van der Waals surface area contributed by atoms with Crippen LogP contribution in [-0.2, 0) is 0 Å². The Hall–Kier alpha value is -3.13. The summed E-state index contributed by atoms with van der Waals surface area (Å²) < 4.78 is 12.4. The van der Waals surface area contributed by atoms with E-state index in [1.165, 1.54) is 0 Å². The summed E-state index contributed by atoms with van der Waals surface area (Å²) in [7, 11) is 5.29. The summed E-state index contributed by atoms with van der Waals surface area (Å²) >= 11 is 0. The van der Waals surface area contributed by atoms with E-state index in [4.69, 9.17) is 9.47 Å². The van der Waals surface area contributed by atoms with Crippen molar-refractivity contribution in [3.63, 3.8) is 0 Å². The molecule has 0 bridgehead atoms. The lowest BCUT2D eigenvalue weighted by Gasteiger charge is -2.37. The van der Waals surface area contributed by atoms with Crippen molar-refractivity contribution >= 4 is 11.6 Å². The predicted molar refractivity (Wildman–Crippen MR) is 110 cm³/mol. The number of methoxy groups -OCH3 is 2. The van der Waals surface area contributed by atoms with Gasteiger partial charge in [0.1, 0.15) is 0 Å². The van der Waals surface area contributed by atoms with E-state index in [9.17, 15) is 4.79 Å². The second-order valence-corrected chi connectivity index (χ2v) is 7.28. The van der Waals surface area contributed by atoms with Crippen LogP contribution in [0.4, 0.5) is 0 Å². The molecule has 1 aliphatic rings. The highest BCUT2D eigenvalue weighted by molar-refractivity contribution is 5.93. The SMILES string of the molecule is COc1ccc(-c2ccnc3cc(C(=O)N4CCN(C)[C@@H](C)C4)nn23)cc1OC. The molecule has 0 unspecified atom stereocenters. The van der Waals surface area contributed by atoms with Gasteiger partial charge in [-0.3, -0.25) is 4.79 Å². The van der Waals surface area contributed by atoms with Gasteiger partial charge < -0.3 is 19.3 Å². The van der Waals surface area contributed by atoms with Crippen LogP contribution in [0.3, 0.4) is 0 Å². The maximum Gasteiger partial charge on any atom is 0.274 e. The molecule has 0 aliphatic carbocycles. The summed E-state index contributed by atoms with van der Waals surface area (Å²) in [6.07, 6.45) is 1.72. The molecule has 4 rings (SSSR count). The summed E-state index contributed by atoms with van der Waals surface area (Å²) in [5, 5.41) is 4.58. The fourth-order valence-electron chi connectivity index (χ4n) is 3.61. The van der Waals surface area contributed by atoms with Gasteiger partial charge in [0, 0.05) is 43.5 Å². The molecule has 2 aromatic heterocycles. The highest BCUT2D eigenvalue weighted by Crippen LogP contribution is 2.32. The molecule has 152 valence electrons. The van der Waals surface area contributed by atoms with Crippen molar-refractivity contribution in [2.75, 3.05) is 40.9 Å². The van der Waals surface area contributed by atoms with E-state index in [0.29, 0.717) is 42.0 Å². The molecular weight excluding hydrogens is 370 g/mol. The Morgan fingerprint density at radius 2 is 1.90 bits per heavy atom. The molecule has 0 radical (unpaired) electrons. The third kappa shape index (κ3) is 3.51. The van der Waals surface area contributed by atoms with Gasteiger partial charge in [-0.15, -0.1) is 0 Å². The first-order chi connectivity index (χ1) is 14.0. The number of benzene rings is 1. The second kappa shape index (κ2) is 7.71. The Balaban J connectivity index is 1.70. The van der Waals surface area contributed by atoms with Gasteiger partial charge in [-0.1, -0.05) is 0 Å². The number of piperazine rings is 1. The van der Waals surface area contributed by atoms with Gasteiger partial charge in [-0.2, -0.15) is 5.10 Å². The number of hydrogen-bond donors (Lipinski definition) is 0. The molecule has 1 amide bonds. The zero-order chi connectivity index (χ0) is 20.5. The van der Waals surface area contributed by atoms with Gasteiger partial charge in [0.25, 0.3) is 5.91 Å². The number of carbonyl (C=O) groups is 1. The Labute approximate surface area is 169 Å². The van der Waals surface area contributed by atoms with Gasteiger partial charge in [0.15, 0.2) is 22.8 Å². The zero-order valence-electron chi connectivity index (χ0n) is 17.1. The van der Waals surface area contributed by atoms with Crippen molar-refractivity contribution in [1.29, 1.82) is 0 Å². The molecule has 0 saturated carbocycles. The predicted octanol–water partition coefficient (Wildman–Crippen LogP) is 2.19. The van der Waals surface area contributed by atoms with Crippen LogP contribution in [0.1, 0.15) is 17.4 Å². The Morgan fingerprint density at radius 3 is 2.62 bits per heavy atom. The van der Waals surface area contributed by atoms with Crippen molar-refractivity contribution in [3.05, 3.63) is 42.2 Å². The smallest absolute Gasteiger partial charge is 0.274 e. The maximum atomic E-state index is 13.0. The number of carbonyl (C=O) groups excluding carboxylic acids is 1. The Bertz CT molecular complexity index is 1050. The van der Waals surface area contributed by atoms with Crippen LogP contribution in [0.5, 0.6) is 11.5 Å². The van der Waals surface area contributed by atoms with Crippen molar-refractivity contribution in [3.8, 4) is 22.8 Å². The number of hydrogen-bond acceptors (Lipinski definition) is 6. The first-order valence-electron chi connectivity index (χ1n) is 9.58. The number of fused-ring (bicyclic) bond motifs is 1. The van der Waals surface area contributed by atoms with E-state index in [0.717, 1.165) is 17.8 Å². The molecule has 29 heavy (non-hydrogen) atoms. The molecular formula is C21H25N5O3. The van der Waals surface area contributed by atoms with Crippen LogP contribution in [0.25, 0.3) is 16.9 Å². The first-order valence-corrected chi connectivity index (χ1v) is 9.58. The number of ether oxygens (including phenoxy) is 2. The number of likely N-dealkylation sites (N-methyl/N-ethyl adjacent to an activating group) is 1. The molecule has 0 N–H and O–H groups in total. The minimum atomic E-state index is -0.0614. The van der Waals surface area contributed by atoms with E-state index in [2.05, 4.69) is 29.0 Å². The molecule has 1 aliphatic heterocycles. The number of nitrogens with zero attached hydrogens (tertiary/aromatic N) is 5. The van der Waals surface area contributed by atoms with Crippen LogP contribution in [-0.4, -0.2) is 77.2 Å². The summed E-state index contributed by atoms with van der Waals surface area (Å²) in [6, 6.07) is 9.61. The van der Waals surface area contributed by atoms with E-state index in [-0.39, 0.29) is 5.91 Å². The monoisotopic (exact) mass is 395 g/mol. The molecule has 8 heteroatoms. The molecule has 3 aromatic rings. The summed E-state index contributed by atoms with van der Waals surface area (Å²) in [6.45, 7) is 4.37. The average Bonchev–Trinajstić information content (AvgIpc) is 3.19. The molecule has 1 fully saturated rings. The third-order valence-electron chi connectivity index (χ3n) is 5.50. The number of rotatable bonds is 4. The largest absolute Gasteiger partial charge is 0.493 e. The zero-order valence-corrected chi connectivity index (χ0v) is 17.1. The molecule has 0 spiro atoms. The van der Waals surface area contributed by atoms with Crippen molar-refractivity contribution < 1.29 is 14.3 Å². The molecule has 3 heterocycles. The van der Waals surface area contributed by atoms with E-state index in [1.807, 2.05) is 29.2 Å². The van der Waals surface area contributed by atoms with Crippen molar-refractivity contribution in [1.82, 2.24) is 24.4 Å². The highest BCUT2D eigenvalue weighted by Gasteiger charge is 2.27. The lowest BCUT2D eigenvalue weighted by Crippen LogP contribution is -2.52. The van der Waals surface area contributed by atoms with Crippen LogP contribution < -0.4 is 9.47 Å². The minimum absolute atomic E-state index is 0.0614. The van der Waals surface area contributed by atoms with Crippen molar-refractivity contribution in [2.24, 2.45) is 0 Å². The lowest BCUT2D eigenvalue weighted by atomic mass is 10.1. The second-order valence-electron chi connectivity index (χ2n) is 7.28. The Kier molecular flexibility index (Phi) is 5.10. The van der Waals surface area contributed by atoms with Crippen LogP contribution in [0, 0.1) is 0 Å². The molecule has 1 atom stereocenters. The topological polar surface area (TPSA) is 72.2 Å². The van der Waals surface area contributed by atoms with Gasteiger partial charge >= 0.3 is 0 Å². The summed E-state index contributed by atoms with van der Waals surface area (Å²) in [4.78, 5) is 21.5. The summed E-state index contributed by atoms with van der Waals surface area (Å²) in [5.41, 5.74) is 2.75. The lowest BCUT2D eigenvalue weighted by molar-refractivity contribution is 0.0566. The van der Waals surface area contributed by atoms with E-state index < -0.39 is 0 Å². The highest BCUT2D eigenvalue weighted by atomic mass is 16.5. The molecule has 8 nitrogen and oxygen atoms in total. The molecule has 1 saturated heterocycles. The Morgan fingerprint density at radius 1 is 1.10 bits per heavy atom.